The minimum Gasteiger partial charge on any atom is -0.350 e. The second-order valence-electron chi connectivity index (χ2n) is 4.46. The van der Waals surface area contributed by atoms with Crippen LogP contribution >= 0.6 is 11.6 Å². The van der Waals surface area contributed by atoms with Gasteiger partial charge in [0.25, 0.3) is 5.91 Å². The minimum atomic E-state index is -0.158. The zero-order valence-electron chi connectivity index (χ0n) is 10.3. The quantitative estimate of drug-likeness (QED) is 0.669. The van der Waals surface area contributed by atoms with E-state index in [4.69, 9.17) is 11.6 Å². The van der Waals surface area contributed by atoms with E-state index < -0.39 is 0 Å². The fourth-order valence-corrected chi connectivity index (χ4v) is 2.26. The molecular weight excluding hydrogens is 248 g/mol. The molecule has 2 rings (SSSR count). The number of nitrogens with zero attached hydrogens (tertiary/aromatic N) is 1. The first kappa shape index (κ1) is 13.1. The molecule has 1 amide bonds. The first-order chi connectivity index (χ1) is 8.75. The first-order valence-corrected chi connectivity index (χ1v) is 6.72. The summed E-state index contributed by atoms with van der Waals surface area (Å²) in [6.07, 6.45) is 8.15. The van der Waals surface area contributed by atoms with Crippen LogP contribution in [0.4, 0.5) is 0 Å². The summed E-state index contributed by atoms with van der Waals surface area (Å²) in [7, 11) is 0. The van der Waals surface area contributed by atoms with Crippen molar-refractivity contribution >= 4 is 17.5 Å². The first-order valence-electron chi connectivity index (χ1n) is 6.34. The Hall–Kier alpha value is -1.35. The number of nitrogens with one attached hydrogen (secondary N) is 1. The molecule has 0 atom stereocenters. The number of pyridine rings is 1. The van der Waals surface area contributed by atoms with Crippen molar-refractivity contribution in [1.82, 2.24) is 10.3 Å². The van der Waals surface area contributed by atoms with E-state index in [9.17, 15) is 4.79 Å². The average molecular weight is 265 g/mol. The van der Waals surface area contributed by atoms with Crippen molar-refractivity contribution < 1.29 is 4.79 Å². The third-order valence-corrected chi connectivity index (χ3v) is 3.27. The molecule has 1 aliphatic rings. The highest BCUT2D eigenvalue weighted by atomic mass is 35.5. The molecule has 18 heavy (non-hydrogen) atoms. The number of hydrogen-bond donors (Lipinski definition) is 1. The molecule has 0 spiro atoms. The predicted octanol–water partition coefficient (Wildman–Crippen LogP) is 3.36. The Bertz CT molecular complexity index is 457. The summed E-state index contributed by atoms with van der Waals surface area (Å²) in [5, 5.41) is 3.22. The van der Waals surface area contributed by atoms with Crippen molar-refractivity contribution in [3.63, 3.8) is 0 Å². The van der Waals surface area contributed by atoms with Crippen LogP contribution in [0.5, 0.6) is 0 Å². The second kappa shape index (κ2) is 6.55. The lowest BCUT2D eigenvalue weighted by atomic mass is 9.97. The number of allylic oxidation sites excluding steroid dienone is 1. The van der Waals surface area contributed by atoms with Crippen molar-refractivity contribution in [2.75, 3.05) is 6.54 Å². The highest BCUT2D eigenvalue weighted by molar-refractivity contribution is 6.29. The number of halogens is 1. The van der Waals surface area contributed by atoms with Gasteiger partial charge in [0.2, 0.25) is 0 Å². The fourth-order valence-electron chi connectivity index (χ4n) is 2.09. The van der Waals surface area contributed by atoms with Gasteiger partial charge in [-0.1, -0.05) is 29.3 Å². The van der Waals surface area contributed by atoms with Crippen LogP contribution < -0.4 is 5.32 Å². The highest BCUT2D eigenvalue weighted by Gasteiger charge is 2.08. The Balaban J connectivity index is 1.79. The fraction of sp³-hybridized carbons (Fsp3) is 0.429. The third-order valence-electron chi connectivity index (χ3n) is 3.06. The summed E-state index contributed by atoms with van der Waals surface area (Å²) in [5.41, 5.74) is 1.83. The van der Waals surface area contributed by atoms with Gasteiger partial charge in [0, 0.05) is 6.54 Å². The maximum Gasteiger partial charge on any atom is 0.269 e. The van der Waals surface area contributed by atoms with Crippen molar-refractivity contribution in [1.29, 1.82) is 0 Å². The topological polar surface area (TPSA) is 42.0 Å². The smallest absolute Gasteiger partial charge is 0.269 e. The van der Waals surface area contributed by atoms with E-state index in [0.717, 1.165) is 6.42 Å². The zero-order valence-corrected chi connectivity index (χ0v) is 11.0. The Morgan fingerprint density at radius 2 is 2.28 bits per heavy atom. The van der Waals surface area contributed by atoms with Crippen molar-refractivity contribution in [3.8, 4) is 0 Å². The molecule has 0 fully saturated rings. The van der Waals surface area contributed by atoms with Crippen LogP contribution in [0, 0.1) is 0 Å². The largest absolute Gasteiger partial charge is 0.350 e. The van der Waals surface area contributed by atoms with E-state index in [-0.39, 0.29) is 5.91 Å². The lowest BCUT2D eigenvalue weighted by Crippen LogP contribution is -2.25. The molecule has 0 aromatic carbocycles. The Morgan fingerprint density at radius 3 is 3.00 bits per heavy atom. The molecule has 1 heterocycles. The minimum absolute atomic E-state index is 0.158. The van der Waals surface area contributed by atoms with E-state index in [2.05, 4.69) is 16.4 Å². The highest BCUT2D eigenvalue weighted by Crippen LogP contribution is 2.19. The van der Waals surface area contributed by atoms with Crippen LogP contribution in [0.1, 0.15) is 42.6 Å². The van der Waals surface area contributed by atoms with E-state index in [1.807, 2.05) is 0 Å². The van der Waals surface area contributed by atoms with Gasteiger partial charge in [0.15, 0.2) is 0 Å². The summed E-state index contributed by atoms with van der Waals surface area (Å²) in [6, 6.07) is 5.06. The SMILES string of the molecule is O=C(NCCC1=CCCCC1)c1cccc(Cl)n1. The zero-order chi connectivity index (χ0) is 12.8. The number of aromatic nitrogens is 1. The molecular formula is C14H17ClN2O. The molecule has 1 aromatic rings. The summed E-state index contributed by atoms with van der Waals surface area (Å²) in [5.74, 6) is -0.158. The molecule has 3 nitrogen and oxygen atoms in total. The van der Waals surface area contributed by atoms with Gasteiger partial charge >= 0.3 is 0 Å². The summed E-state index contributed by atoms with van der Waals surface area (Å²) < 4.78 is 0. The molecule has 0 saturated heterocycles. The van der Waals surface area contributed by atoms with Crippen LogP contribution in [0.25, 0.3) is 0 Å². The van der Waals surface area contributed by atoms with Crippen molar-refractivity contribution in [2.45, 2.75) is 32.1 Å². The van der Waals surface area contributed by atoms with Gasteiger partial charge < -0.3 is 5.32 Å². The molecule has 0 aliphatic heterocycles. The Kier molecular flexibility index (Phi) is 4.76. The number of carbonyl (C=O) groups is 1. The van der Waals surface area contributed by atoms with E-state index >= 15 is 0 Å². The van der Waals surface area contributed by atoms with Gasteiger partial charge in [0.1, 0.15) is 10.8 Å². The second-order valence-corrected chi connectivity index (χ2v) is 4.85. The summed E-state index contributed by atoms with van der Waals surface area (Å²) >= 11 is 5.74. The Labute approximate surface area is 112 Å². The number of hydrogen-bond acceptors (Lipinski definition) is 2. The molecule has 1 aliphatic carbocycles. The monoisotopic (exact) mass is 264 g/mol. The molecule has 0 saturated carbocycles. The van der Waals surface area contributed by atoms with E-state index in [1.165, 1.54) is 31.3 Å². The molecule has 0 bridgehead atoms. The number of amides is 1. The van der Waals surface area contributed by atoms with Crippen LogP contribution in [0.15, 0.2) is 29.8 Å². The van der Waals surface area contributed by atoms with E-state index in [1.54, 1.807) is 18.2 Å². The number of carbonyl (C=O) groups excluding carboxylic acids is 1. The average Bonchev–Trinajstić information content (AvgIpc) is 2.40. The standard InChI is InChI=1S/C14H17ClN2O/c15-13-8-4-7-12(17-13)14(18)16-10-9-11-5-2-1-3-6-11/h4-5,7-8H,1-3,6,9-10H2,(H,16,18). The van der Waals surface area contributed by atoms with Gasteiger partial charge in [-0.25, -0.2) is 4.98 Å². The predicted molar refractivity (Wildman–Crippen MR) is 72.7 cm³/mol. The van der Waals surface area contributed by atoms with Crippen LogP contribution in [0.3, 0.4) is 0 Å². The van der Waals surface area contributed by atoms with Gasteiger partial charge in [-0.05, 0) is 44.2 Å². The normalized spacial score (nSPS) is 15.1. The molecule has 1 aromatic heterocycles. The summed E-state index contributed by atoms with van der Waals surface area (Å²) in [4.78, 5) is 15.8. The molecule has 0 radical (unpaired) electrons. The van der Waals surface area contributed by atoms with Crippen LogP contribution in [-0.4, -0.2) is 17.4 Å². The summed E-state index contributed by atoms with van der Waals surface area (Å²) in [6.45, 7) is 0.666. The lowest BCUT2D eigenvalue weighted by molar-refractivity contribution is 0.0949. The molecule has 96 valence electrons. The maximum absolute atomic E-state index is 11.8. The molecule has 1 N–H and O–H groups in total. The lowest BCUT2D eigenvalue weighted by Gasteiger charge is -2.12. The van der Waals surface area contributed by atoms with Crippen LogP contribution in [-0.2, 0) is 0 Å². The Morgan fingerprint density at radius 1 is 1.39 bits per heavy atom. The third kappa shape index (κ3) is 3.84. The van der Waals surface area contributed by atoms with Gasteiger partial charge in [-0.3, -0.25) is 4.79 Å². The maximum atomic E-state index is 11.8. The van der Waals surface area contributed by atoms with Crippen molar-refractivity contribution in [2.24, 2.45) is 0 Å². The van der Waals surface area contributed by atoms with Gasteiger partial charge in [0.05, 0.1) is 0 Å². The molecule has 0 unspecified atom stereocenters. The van der Waals surface area contributed by atoms with E-state index in [0.29, 0.717) is 17.4 Å². The number of rotatable bonds is 4. The van der Waals surface area contributed by atoms with Gasteiger partial charge in [-0.15, -0.1) is 0 Å². The van der Waals surface area contributed by atoms with Crippen molar-refractivity contribution in [3.05, 3.63) is 40.7 Å². The van der Waals surface area contributed by atoms with Crippen LogP contribution in [0.2, 0.25) is 5.15 Å². The van der Waals surface area contributed by atoms with Gasteiger partial charge in [-0.2, -0.15) is 0 Å². The molecule has 4 heteroatoms.